The minimum absolute atomic E-state index is 0.0539. The average Bonchev–Trinajstić information content (AvgIpc) is 2.81. The van der Waals surface area contributed by atoms with Crippen LogP contribution in [0.5, 0.6) is 5.75 Å². The van der Waals surface area contributed by atoms with E-state index < -0.39 is 0 Å². The molecule has 1 aromatic carbocycles. The first-order chi connectivity index (χ1) is 8.70. The van der Waals surface area contributed by atoms with E-state index in [0.29, 0.717) is 0 Å². The maximum absolute atomic E-state index is 6.15. The van der Waals surface area contributed by atoms with Crippen LogP contribution in [0.1, 0.15) is 11.6 Å². The third-order valence-corrected chi connectivity index (χ3v) is 3.74. The molecule has 1 unspecified atom stereocenters. The molecule has 0 aliphatic rings. The maximum Gasteiger partial charge on any atom is 0.185 e. The molecule has 5 nitrogen and oxygen atoms in total. The second-order valence-corrected chi connectivity index (χ2v) is 4.85. The third-order valence-electron chi connectivity index (χ3n) is 2.58. The van der Waals surface area contributed by atoms with Crippen LogP contribution in [0.4, 0.5) is 0 Å². The van der Waals surface area contributed by atoms with E-state index >= 15 is 0 Å². The predicted octanol–water partition coefficient (Wildman–Crippen LogP) is 1.62. The van der Waals surface area contributed by atoms with Crippen molar-refractivity contribution < 1.29 is 4.74 Å². The number of thioether (sulfide) groups is 1. The molecule has 6 heteroatoms. The minimum Gasteiger partial charge on any atom is -0.497 e. The van der Waals surface area contributed by atoms with Gasteiger partial charge in [0.25, 0.3) is 0 Å². The van der Waals surface area contributed by atoms with Gasteiger partial charge < -0.3 is 10.5 Å². The molecular formula is C12H16N4OS. The van der Waals surface area contributed by atoms with E-state index in [4.69, 9.17) is 10.5 Å². The molecule has 0 spiro atoms. The van der Waals surface area contributed by atoms with E-state index in [1.165, 1.54) is 0 Å². The normalized spacial score (nSPS) is 12.4. The van der Waals surface area contributed by atoms with Gasteiger partial charge in [0.2, 0.25) is 0 Å². The maximum atomic E-state index is 6.15. The van der Waals surface area contributed by atoms with E-state index in [0.717, 1.165) is 22.2 Å². The number of ether oxygens (including phenoxy) is 1. The summed E-state index contributed by atoms with van der Waals surface area (Å²) < 4.78 is 6.92. The molecular weight excluding hydrogens is 248 g/mol. The highest BCUT2D eigenvalue weighted by atomic mass is 32.2. The van der Waals surface area contributed by atoms with Gasteiger partial charge in [-0.2, -0.15) is 5.10 Å². The Bertz CT molecular complexity index is 514. The van der Waals surface area contributed by atoms with Crippen molar-refractivity contribution in [2.24, 2.45) is 12.8 Å². The molecule has 2 rings (SSSR count). The van der Waals surface area contributed by atoms with Crippen LogP contribution in [0.2, 0.25) is 0 Å². The third kappa shape index (κ3) is 3.02. The molecule has 0 aliphatic carbocycles. The monoisotopic (exact) mass is 264 g/mol. The Labute approximate surface area is 110 Å². The number of nitrogens with two attached hydrogens (primary N) is 1. The quantitative estimate of drug-likeness (QED) is 0.831. The zero-order valence-electron chi connectivity index (χ0n) is 10.4. The lowest BCUT2D eigenvalue weighted by atomic mass is 10.1. The Kier molecular flexibility index (Phi) is 4.22. The second kappa shape index (κ2) is 5.88. The summed E-state index contributed by atoms with van der Waals surface area (Å²) in [5, 5.41) is 4.89. The summed E-state index contributed by atoms with van der Waals surface area (Å²) in [6, 6.07) is 7.76. The lowest BCUT2D eigenvalue weighted by Crippen LogP contribution is -2.13. The number of hydrogen-bond donors (Lipinski definition) is 1. The predicted molar refractivity (Wildman–Crippen MR) is 71.6 cm³/mol. The Morgan fingerprint density at radius 1 is 1.50 bits per heavy atom. The van der Waals surface area contributed by atoms with Crippen molar-refractivity contribution in [3.05, 3.63) is 36.2 Å². The van der Waals surface area contributed by atoms with E-state index in [1.807, 2.05) is 31.3 Å². The van der Waals surface area contributed by atoms with Crippen molar-refractivity contribution in [2.45, 2.75) is 11.2 Å². The van der Waals surface area contributed by atoms with Gasteiger partial charge in [-0.05, 0) is 17.7 Å². The van der Waals surface area contributed by atoms with Gasteiger partial charge in [0.05, 0.1) is 7.11 Å². The Balaban J connectivity index is 1.99. The first-order valence-corrected chi connectivity index (χ1v) is 6.55. The molecule has 0 radical (unpaired) electrons. The number of methoxy groups -OCH3 is 1. The summed E-state index contributed by atoms with van der Waals surface area (Å²) in [7, 11) is 3.52. The lowest BCUT2D eigenvalue weighted by Gasteiger charge is -2.12. The molecule has 0 saturated carbocycles. The number of rotatable bonds is 5. The first-order valence-electron chi connectivity index (χ1n) is 5.57. The van der Waals surface area contributed by atoms with Gasteiger partial charge in [0.15, 0.2) is 5.16 Å². The van der Waals surface area contributed by atoms with E-state index in [9.17, 15) is 0 Å². The second-order valence-electron chi connectivity index (χ2n) is 3.86. The van der Waals surface area contributed by atoms with Crippen molar-refractivity contribution in [1.82, 2.24) is 14.8 Å². The first kappa shape index (κ1) is 12.9. The van der Waals surface area contributed by atoms with Gasteiger partial charge in [-0.25, -0.2) is 9.67 Å². The van der Waals surface area contributed by atoms with E-state index in [2.05, 4.69) is 10.1 Å². The summed E-state index contributed by atoms with van der Waals surface area (Å²) in [5.41, 5.74) is 7.21. The summed E-state index contributed by atoms with van der Waals surface area (Å²) in [6.07, 6.45) is 1.54. The van der Waals surface area contributed by atoms with Crippen LogP contribution in [0.25, 0.3) is 0 Å². The van der Waals surface area contributed by atoms with Crippen LogP contribution < -0.4 is 10.5 Å². The molecule has 1 aromatic heterocycles. The highest BCUT2D eigenvalue weighted by molar-refractivity contribution is 7.99. The standard InChI is InChI=1S/C12H16N4OS/c1-16-12(14-8-15-16)18-7-11(13)9-4-3-5-10(6-9)17-2/h3-6,8,11H,7,13H2,1-2H3. The molecule has 0 saturated heterocycles. The van der Waals surface area contributed by atoms with Gasteiger partial charge in [0, 0.05) is 18.8 Å². The van der Waals surface area contributed by atoms with Crippen molar-refractivity contribution in [2.75, 3.05) is 12.9 Å². The number of benzene rings is 1. The Morgan fingerprint density at radius 2 is 2.33 bits per heavy atom. The Morgan fingerprint density at radius 3 is 3.00 bits per heavy atom. The lowest BCUT2D eigenvalue weighted by molar-refractivity contribution is 0.414. The molecule has 0 aliphatic heterocycles. The number of hydrogen-bond acceptors (Lipinski definition) is 5. The molecule has 0 fully saturated rings. The molecule has 0 amide bonds. The van der Waals surface area contributed by atoms with Crippen molar-refractivity contribution in [1.29, 1.82) is 0 Å². The summed E-state index contributed by atoms with van der Waals surface area (Å²) in [5.74, 6) is 1.58. The fourth-order valence-corrected chi connectivity index (χ4v) is 2.43. The summed E-state index contributed by atoms with van der Waals surface area (Å²) in [6.45, 7) is 0. The van der Waals surface area contributed by atoms with Gasteiger partial charge in [-0.15, -0.1) is 0 Å². The molecule has 2 N–H and O–H groups in total. The van der Waals surface area contributed by atoms with Crippen molar-refractivity contribution in [3.8, 4) is 5.75 Å². The molecule has 2 aromatic rings. The smallest absolute Gasteiger partial charge is 0.185 e. The zero-order valence-corrected chi connectivity index (χ0v) is 11.2. The average molecular weight is 264 g/mol. The van der Waals surface area contributed by atoms with Crippen LogP contribution in [-0.4, -0.2) is 27.6 Å². The van der Waals surface area contributed by atoms with Gasteiger partial charge >= 0.3 is 0 Å². The van der Waals surface area contributed by atoms with Gasteiger partial charge in [0.1, 0.15) is 12.1 Å². The van der Waals surface area contributed by atoms with Crippen LogP contribution in [0.3, 0.4) is 0 Å². The van der Waals surface area contributed by atoms with Crippen molar-refractivity contribution in [3.63, 3.8) is 0 Å². The largest absolute Gasteiger partial charge is 0.497 e. The summed E-state index contributed by atoms with van der Waals surface area (Å²) in [4.78, 5) is 4.15. The SMILES string of the molecule is COc1cccc(C(N)CSc2ncnn2C)c1. The minimum atomic E-state index is -0.0539. The fourth-order valence-electron chi connectivity index (χ4n) is 1.55. The topological polar surface area (TPSA) is 66.0 Å². The van der Waals surface area contributed by atoms with Gasteiger partial charge in [-0.1, -0.05) is 23.9 Å². The summed E-state index contributed by atoms with van der Waals surface area (Å²) >= 11 is 1.59. The zero-order chi connectivity index (χ0) is 13.0. The molecule has 0 bridgehead atoms. The molecule has 96 valence electrons. The molecule has 1 atom stereocenters. The number of aromatic nitrogens is 3. The fraction of sp³-hybridized carbons (Fsp3) is 0.333. The van der Waals surface area contributed by atoms with Crippen LogP contribution >= 0.6 is 11.8 Å². The highest BCUT2D eigenvalue weighted by Gasteiger charge is 2.09. The number of nitrogens with zero attached hydrogens (tertiary/aromatic N) is 3. The van der Waals surface area contributed by atoms with E-state index in [-0.39, 0.29) is 6.04 Å². The van der Waals surface area contributed by atoms with Crippen LogP contribution in [0, 0.1) is 0 Å². The molecule has 1 heterocycles. The highest BCUT2D eigenvalue weighted by Crippen LogP contribution is 2.23. The van der Waals surface area contributed by atoms with E-state index in [1.54, 1.807) is 29.9 Å². The van der Waals surface area contributed by atoms with Crippen LogP contribution in [-0.2, 0) is 7.05 Å². The van der Waals surface area contributed by atoms with Crippen LogP contribution in [0.15, 0.2) is 35.7 Å². The van der Waals surface area contributed by atoms with Crippen molar-refractivity contribution >= 4 is 11.8 Å². The Hall–Kier alpha value is -1.53. The number of aryl methyl sites for hydroxylation is 1. The van der Waals surface area contributed by atoms with Gasteiger partial charge in [-0.3, -0.25) is 0 Å². The molecule has 18 heavy (non-hydrogen) atoms.